The lowest BCUT2D eigenvalue weighted by atomic mass is 10.1. The second-order valence-corrected chi connectivity index (χ2v) is 2.60. The number of rotatable bonds is 1. The number of ether oxygens (including phenoxy) is 1. The molecule has 0 amide bonds. The van der Waals surface area contributed by atoms with E-state index in [2.05, 4.69) is 11.9 Å². The number of hydrogen-bond donors (Lipinski definition) is 1. The van der Waals surface area contributed by atoms with Crippen molar-refractivity contribution in [3.63, 3.8) is 0 Å². The van der Waals surface area contributed by atoms with Gasteiger partial charge in [0.1, 0.15) is 5.60 Å². The Morgan fingerprint density at radius 3 is 3.00 bits per heavy atom. The monoisotopic (exact) mass is 123 g/mol. The van der Waals surface area contributed by atoms with Gasteiger partial charge in [-0.05, 0) is 19.1 Å². The largest absolute Gasteiger partial charge is 0.363 e. The van der Waals surface area contributed by atoms with Crippen LogP contribution in [0.25, 0.3) is 0 Å². The number of nitrogens with one attached hydrogen (secondary N) is 1. The summed E-state index contributed by atoms with van der Waals surface area (Å²) < 4.78 is 5.21. The number of H-pyrrole nitrogens is 1. The molecule has 1 fully saturated rings. The Hall–Kier alpha value is -0.760. The van der Waals surface area contributed by atoms with Crippen molar-refractivity contribution in [2.45, 2.75) is 12.5 Å². The summed E-state index contributed by atoms with van der Waals surface area (Å²) in [5.74, 6) is 0. The summed E-state index contributed by atoms with van der Waals surface area (Å²) >= 11 is 0. The highest BCUT2D eigenvalue weighted by Crippen LogP contribution is 2.36. The quantitative estimate of drug-likeness (QED) is 0.559. The number of hydrogen-bond acceptors (Lipinski definition) is 1. The molecule has 1 saturated heterocycles. The van der Waals surface area contributed by atoms with Crippen LogP contribution in [-0.2, 0) is 10.3 Å². The second kappa shape index (κ2) is 1.39. The van der Waals surface area contributed by atoms with Crippen molar-refractivity contribution < 1.29 is 4.74 Å². The van der Waals surface area contributed by atoms with Crippen molar-refractivity contribution in [1.29, 1.82) is 0 Å². The maximum Gasteiger partial charge on any atom is 0.128 e. The predicted octanol–water partition coefficient (Wildman–Crippen LogP) is 1.26. The molecule has 2 rings (SSSR count). The fourth-order valence-electron chi connectivity index (χ4n) is 0.923. The Morgan fingerprint density at radius 1 is 1.78 bits per heavy atom. The van der Waals surface area contributed by atoms with Gasteiger partial charge in [0.2, 0.25) is 0 Å². The molecule has 0 saturated carbocycles. The first-order chi connectivity index (χ1) is 4.31. The van der Waals surface area contributed by atoms with Crippen LogP contribution in [0.2, 0.25) is 0 Å². The van der Waals surface area contributed by atoms with E-state index in [0.29, 0.717) is 0 Å². The molecule has 1 aliphatic rings. The molecule has 1 unspecified atom stereocenters. The highest BCUT2D eigenvalue weighted by atomic mass is 16.6. The molecule has 48 valence electrons. The van der Waals surface area contributed by atoms with Gasteiger partial charge in [-0.1, -0.05) is 0 Å². The third-order valence-corrected chi connectivity index (χ3v) is 1.75. The highest BCUT2D eigenvalue weighted by Gasteiger charge is 2.41. The van der Waals surface area contributed by atoms with Crippen LogP contribution >= 0.6 is 0 Å². The molecule has 2 nitrogen and oxygen atoms in total. The van der Waals surface area contributed by atoms with Gasteiger partial charge in [-0.25, -0.2) is 0 Å². The molecule has 1 atom stereocenters. The lowest BCUT2D eigenvalue weighted by Gasteiger charge is -1.98. The Kier molecular flexibility index (Phi) is 0.781. The smallest absolute Gasteiger partial charge is 0.128 e. The molecule has 2 heteroatoms. The molecule has 0 bridgehead atoms. The Labute approximate surface area is 53.8 Å². The molecule has 0 radical (unpaired) electrons. The molecule has 0 aliphatic carbocycles. The third-order valence-electron chi connectivity index (χ3n) is 1.75. The summed E-state index contributed by atoms with van der Waals surface area (Å²) in [6.45, 7) is 2.94. The first-order valence-electron chi connectivity index (χ1n) is 3.09. The van der Waals surface area contributed by atoms with Gasteiger partial charge in [0.25, 0.3) is 0 Å². The highest BCUT2D eigenvalue weighted by molar-refractivity contribution is 5.17. The van der Waals surface area contributed by atoms with Crippen LogP contribution < -0.4 is 0 Å². The minimum atomic E-state index is 0.0174. The van der Waals surface area contributed by atoms with Crippen LogP contribution in [0.5, 0.6) is 0 Å². The summed E-state index contributed by atoms with van der Waals surface area (Å²) in [5.41, 5.74) is 1.20. The van der Waals surface area contributed by atoms with Gasteiger partial charge in [0.05, 0.1) is 6.61 Å². The average molecular weight is 123 g/mol. The summed E-state index contributed by atoms with van der Waals surface area (Å²) in [7, 11) is 0. The zero-order valence-electron chi connectivity index (χ0n) is 5.35. The van der Waals surface area contributed by atoms with Gasteiger partial charge >= 0.3 is 0 Å². The number of aromatic nitrogens is 1. The molecule has 1 aromatic rings. The van der Waals surface area contributed by atoms with Crippen LogP contribution in [0.15, 0.2) is 18.3 Å². The van der Waals surface area contributed by atoms with Gasteiger partial charge in [-0.3, -0.25) is 0 Å². The van der Waals surface area contributed by atoms with E-state index in [9.17, 15) is 0 Å². The van der Waals surface area contributed by atoms with Crippen LogP contribution in [0, 0.1) is 0 Å². The minimum Gasteiger partial charge on any atom is -0.363 e. The summed E-state index contributed by atoms with van der Waals surface area (Å²) in [6.07, 6.45) is 1.92. The van der Waals surface area contributed by atoms with Gasteiger partial charge in [0.15, 0.2) is 0 Å². The maximum atomic E-state index is 5.21. The van der Waals surface area contributed by atoms with Gasteiger partial charge in [-0.2, -0.15) is 0 Å². The molecule has 0 aromatic carbocycles. The second-order valence-electron chi connectivity index (χ2n) is 2.60. The third kappa shape index (κ3) is 0.669. The molecular weight excluding hydrogens is 114 g/mol. The number of aromatic amines is 1. The van der Waals surface area contributed by atoms with Crippen LogP contribution in [-0.4, -0.2) is 11.6 Å². The van der Waals surface area contributed by atoms with Crippen LogP contribution in [0.1, 0.15) is 12.6 Å². The Bertz CT molecular complexity index is 199. The zero-order valence-corrected chi connectivity index (χ0v) is 5.35. The van der Waals surface area contributed by atoms with E-state index in [1.807, 2.05) is 18.3 Å². The first kappa shape index (κ1) is 5.06. The Morgan fingerprint density at radius 2 is 2.56 bits per heavy atom. The molecule has 2 heterocycles. The standard InChI is InChI=1S/C7H9NO/c1-7(5-9-7)6-3-2-4-8-6/h2-4,8H,5H2,1H3. The van der Waals surface area contributed by atoms with E-state index < -0.39 is 0 Å². The lowest BCUT2D eigenvalue weighted by Crippen LogP contribution is -2.01. The number of epoxide rings is 1. The fourth-order valence-corrected chi connectivity index (χ4v) is 0.923. The molecule has 9 heavy (non-hydrogen) atoms. The van der Waals surface area contributed by atoms with E-state index in [1.54, 1.807) is 0 Å². The van der Waals surface area contributed by atoms with Crippen LogP contribution in [0.3, 0.4) is 0 Å². The Balaban J connectivity index is 2.34. The van der Waals surface area contributed by atoms with E-state index in [1.165, 1.54) is 5.69 Å². The van der Waals surface area contributed by atoms with Gasteiger partial charge in [-0.15, -0.1) is 0 Å². The van der Waals surface area contributed by atoms with Gasteiger partial charge < -0.3 is 9.72 Å². The van der Waals surface area contributed by atoms with E-state index in [0.717, 1.165) is 6.61 Å². The molecule has 1 aliphatic heterocycles. The molecule has 1 N–H and O–H groups in total. The van der Waals surface area contributed by atoms with E-state index in [4.69, 9.17) is 4.74 Å². The zero-order chi connectivity index (χ0) is 6.32. The predicted molar refractivity (Wildman–Crippen MR) is 34.1 cm³/mol. The van der Waals surface area contributed by atoms with Gasteiger partial charge in [0, 0.05) is 11.9 Å². The van der Waals surface area contributed by atoms with Crippen molar-refractivity contribution in [1.82, 2.24) is 4.98 Å². The minimum absolute atomic E-state index is 0.0174. The van der Waals surface area contributed by atoms with Crippen molar-refractivity contribution in [3.05, 3.63) is 24.0 Å². The maximum absolute atomic E-state index is 5.21. The normalized spacial score (nSPS) is 32.6. The van der Waals surface area contributed by atoms with Crippen molar-refractivity contribution in [2.75, 3.05) is 6.61 Å². The summed E-state index contributed by atoms with van der Waals surface area (Å²) in [6, 6.07) is 4.04. The first-order valence-corrected chi connectivity index (χ1v) is 3.09. The van der Waals surface area contributed by atoms with E-state index >= 15 is 0 Å². The average Bonchev–Trinajstić information content (AvgIpc) is 2.46. The molecular formula is C7H9NO. The topological polar surface area (TPSA) is 28.3 Å². The summed E-state index contributed by atoms with van der Waals surface area (Å²) in [5, 5.41) is 0. The molecule has 1 aromatic heterocycles. The van der Waals surface area contributed by atoms with Crippen LogP contribution in [0.4, 0.5) is 0 Å². The summed E-state index contributed by atoms with van der Waals surface area (Å²) in [4.78, 5) is 3.11. The van der Waals surface area contributed by atoms with Crippen molar-refractivity contribution in [2.24, 2.45) is 0 Å². The van der Waals surface area contributed by atoms with Crippen molar-refractivity contribution >= 4 is 0 Å². The van der Waals surface area contributed by atoms with Crippen molar-refractivity contribution in [3.8, 4) is 0 Å². The lowest BCUT2D eigenvalue weighted by molar-refractivity contribution is 0.324. The fraction of sp³-hybridized carbons (Fsp3) is 0.429. The van der Waals surface area contributed by atoms with E-state index in [-0.39, 0.29) is 5.60 Å². The molecule has 0 spiro atoms. The SMILES string of the molecule is CC1(c2ccc[nH]2)CO1.